The van der Waals surface area contributed by atoms with Crippen molar-refractivity contribution in [1.29, 1.82) is 0 Å². The lowest BCUT2D eigenvalue weighted by molar-refractivity contribution is -0.128. The van der Waals surface area contributed by atoms with E-state index in [-0.39, 0.29) is 5.91 Å². The molecule has 1 aliphatic heterocycles. The minimum absolute atomic E-state index is 0.247. The molecule has 1 amide bonds. The Morgan fingerprint density at radius 3 is 2.75 bits per heavy atom. The van der Waals surface area contributed by atoms with E-state index in [1.54, 1.807) is 7.11 Å². The zero-order valence-corrected chi connectivity index (χ0v) is 19.1. The van der Waals surface area contributed by atoms with Gasteiger partial charge in [0.2, 0.25) is 5.91 Å². The fourth-order valence-electron chi connectivity index (χ4n) is 3.59. The number of carbonyl (C=O) groups is 1. The van der Waals surface area contributed by atoms with Crippen molar-refractivity contribution in [2.24, 2.45) is 4.99 Å². The van der Waals surface area contributed by atoms with E-state index in [0.29, 0.717) is 38.7 Å². The molecule has 0 atom stereocenters. The number of guanidine groups is 1. The van der Waals surface area contributed by atoms with Crippen LogP contribution in [0.5, 0.6) is 5.75 Å². The minimum atomic E-state index is 0.247. The molecule has 3 rings (SSSR count). The summed E-state index contributed by atoms with van der Waals surface area (Å²) in [7, 11) is 1.69. The quantitative estimate of drug-likeness (QED) is 0.317. The fourth-order valence-corrected chi connectivity index (χ4v) is 3.59. The highest BCUT2D eigenvalue weighted by molar-refractivity contribution is 5.93. The van der Waals surface area contributed by atoms with Crippen LogP contribution in [-0.4, -0.2) is 50.2 Å². The van der Waals surface area contributed by atoms with Crippen molar-refractivity contribution in [2.75, 3.05) is 38.7 Å². The summed E-state index contributed by atoms with van der Waals surface area (Å²) >= 11 is 0. The number of anilines is 1. The molecule has 0 radical (unpaired) electrons. The van der Waals surface area contributed by atoms with Gasteiger partial charge in [-0.15, -0.1) is 0 Å². The third-order valence-electron chi connectivity index (χ3n) is 5.16. The van der Waals surface area contributed by atoms with Gasteiger partial charge < -0.3 is 25.0 Å². The average Bonchev–Trinajstić information content (AvgIpc) is 3.20. The molecule has 1 saturated heterocycles. The van der Waals surface area contributed by atoms with E-state index in [9.17, 15) is 4.79 Å². The summed E-state index contributed by atoms with van der Waals surface area (Å²) in [4.78, 5) is 18.6. The lowest BCUT2D eigenvalue weighted by atomic mass is 10.1. The Kier molecular flexibility index (Phi) is 9.37. The zero-order chi connectivity index (χ0) is 22.6. The molecule has 0 aliphatic carbocycles. The van der Waals surface area contributed by atoms with Crippen molar-refractivity contribution in [1.82, 2.24) is 10.2 Å². The molecule has 0 spiro atoms. The second-order valence-corrected chi connectivity index (χ2v) is 7.78. The maximum atomic E-state index is 11.9. The van der Waals surface area contributed by atoms with Crippen molar-refractivity contribution in [3.8, 4) is 5.75 Å². The predicted octanol–water partition coefficient (Wildman–Crippen LogP) is 3.80. The topological polar surface area (TPSA) is 75.2 Å². The van der Waals surface area contributed by atoms with Crippen LogP contribution in [0.2, 0.25) is 0 Å². The number of benzene rings is 2. The summed E-state index contributed by atoms with van der Waals surface area (Å²) in [6.07, 6.45) is 2.48. The predicted molar refractivity (Wildman–Crippen MR) is 128 cm³/mol. The molecule has 2 N–H and O–H groups in total. The van der Waals surface area contributed by atoms with Crippen LogP contribution in [0, 0.1) is 0 Å². The summed E-state index contributed by atoms with van der Waals surface area (Å²) in [5.41, 5.74) is 3.17. The molecular weight excluding hydrogens is 404 g/mol. The van der Waals surface area contributed by atoms with E-state index in [1.165, 1.54) is 0 Å². The molecular formula is C25H34N4O3. The molecule has 0 saturated carbocycles. The van der Waals surface area contributed by atoms with Gasteiger partial charge >= 0.3 is 0 Å². The van der Waals surface area contributed by atoms with Crippen LogP contribution in [0.15, 0.2) is 53.5 Å². The van der Waals surface area contributed by atoms with Crippen LogP contribution in [0.3, 0.4) is 0 Å². The number of ether oxygens (including phenoxy) is 2. The molecule has 32 heavy (non-hydrogen) atoms. The summed E-state index contributed by atoms with van der Waals surface area (Å²) < 4.78 is 10.8. The van der Waals surface area contributed by atoms with Crippen molar-refractivity contribution in [2.45, 2.75) is 39.3 Å². The Labute approximate surface area is 190 Å². The Balaban J connectivity index is 1.60. The molecule has 1 heterocycles. The number of hydrogen-bond donors (Lipinski definition) is 2. The van der Waals surface area contributed by atoms with Gasteiger partial charge in [-0.2, -0.15) is 0 Å². The van der Waals surface area contributed by atoms with E-state index in [2.05, 4.69) is 28.8 Å². The second kappa shape index (κ2) is 12.7. The normalized spacial score (nSPS) is 14.0. The molecule has 2 aromatic rings. The number of hydrogen-bond acceptors (Lipinski definition) is 4. The average molecular weight is 439 g/mol. The Hall–Kier alpha value is -3.06. The maximum Gasteiger partial charge on any atom is 0.222 e. The van der Waals surface area contributed by atoms with E-state index >= 15 is 0 Å². The van der Waals surface area contributed by atoms with E-state index in [1.807, 2.05) is 42.2 Å². The van der Waals surface area contributed by atoms with Crippen molar-refractivity contribution >= 4 is 17.6 Å². The van der Waals surface area contributed by atoms with Crippen LogP contribution in [0.25, 0.3) is 0 Å². The molecule has 1 fully saturated rings. The first-order valence-electron chi connectivity index (χ1n) is 11.3. The smallest absolute Gasteiger partial charge is 0.222 e. The summed E-state index contributed by atoms with van der Waals surface area (Å²) in [5, 5.41) is 6.64. The number of amides is 1. The van der Waals surface area contributed by atoms with Gasteiger partial charge in [0.05, 0.1) is 13.2 Å². The second-order valence-electron chi connectivity index (χ2n) is 7.78. The number of aliphatic imine (C=N–C) groups is 1. The largest absolute Gasteiger partial charge is 0.493 e. The molecule has 7 heteroatoms. The summed E-state index contributed by atoms with van der Waals surface area (Å²) in [5.74, 6) is 1.77. The van der Waals surface area contributed by atoms with Gasteiger partial charge in [0, 0.05) is 57.9 Å². The zero-order valence-electron chi connectivity index (χ0n) is 19.1. The lowest BCUT2D eigenvalue weighted by Crippen LogP contribution is -2.30. The van der Waals surface area contributed by atoms with Crippen LogP contribution in [0.1, 0.15) is 37.3 Å². The van der Waals surface area contributed by atoms with Gasteiger partial charge in [0.15, 0.2) is 5.96 Å². The minimum Gasteiger partial charge on any atom is -0.493 e. The van der Waals surface area contributed by atoms with Gasteiger partial charge in [0.25, 0.3) is 0 Å². The van der Waals surface area contributed by atoms with E-state index in [4.69, 9.17) is 14.5 Å². The van der Waals surface area contributed by atoms with E-state index in [0.717, 1.165) is 48.5 Å². The Morgan fingerprint density at radius 2 is 1.97 bits per heavy atom. The fraction of sp³-hybridized carbons (Fsp3) is 0.440. The standard InChI is InChI=1S/C25H34N4O3/c1-3-26-25(28-22-10-5-11-23(17-22)32-15-7-14-31-2)27-18-20-8-4-9-21(16-20)19-29-13-6-12-24(29)30/h4-5,8-11,16-17H,3,6-7,12-15,18-19H2,1-2H3,(H2,26,27,28). The van der Waals surface area contributed by atoms with Crippen LogP contribution < -0.4 is 15.4 Å². The molecule has 0 aromatic heterocycles. The molecule has 1 aliphatic rings. The van der Waals surface area contributed by atoms with Gasteiger partial charge in [-0.05, 0) is 36.6 Å². The number of rotatable bonds is 11. The monoisotopic (exact) mass is 438 g/mol. The number of carbonyl (C=O) groups excluding carboxylic acids is 1. The van der Waals surface area contributed by atoms with Crippen LogP contribution >= 0.6 is 0 Å². The first-order chi connectivity index (χ1) is 15.7. The SMILES string of the molecule is CCNC(=NCc1cccc(CN2CCCC2=O)c1)Nc1cccc(OCCCOC)c1. The molecule has 172 valence electrons. The van der Waals surface area contributed by atoms with Gasteiger partial charge in [-0.3, -0.25) is 4.79 Å². The van der Waals surface area contributed by atoms with Gasteiger partial charge in [0.1, 0.15) is 5.75 Å². The number of likely N-dealkylation sites (tertiary alicyclic amines) is 1. The summed E-state index contributed by atoms with van der Waals surface area (Å²) in [6.45, 7) is 6.17. The maximum absolute atomic E-state index is 11.9. The van der Waals surface area contributed by atoms with Gasteiger partial charge in [-0.25, -0.2) is 4.99 Å². The summed E-state index contributed by atoms with van der Waals surface area (Å²) in [6, 6.07) is 16.2. The highest BCUT2D eigenvalue weighted by atomic mass is 16.5. The Bertz CT molecular complexity index is 900. The highest BCUT2D eigenvalue weighted by Gasteiger charge is 2.19. The van der Waals surface area contributed by atoms with Crippen molar-refractivity contribution in [3.63, 3.8) is 0 Å². The van der Waals surface area contributed by atoms with Gasteiger partial charge in [-0.1, -0.05) is 30.3 Å². The number of nitrogens with zero attached hydrogens (tertiary/aromatic N) is 2. The third-order valence-corrected chi connectivity index (χ3v) is 5.16. The molecule has 0 bridgehead atoms. The van der Waals surface area contributed by atoms with Crippen LogP contribution in [0.4, 0.5) is 5.69 Å². The third kappa shape index (κ3) is 7.57. The highest BCUT2D eigenvalue weighted by Crippen LogP contribution is 2.18. The lowest BCUT2D eigenvalue weighted by Gasteiger charge is -2.16. The Morgan fingerprint density at radius 1 is 1.12 bits per heavy atom. The van der Waals surface area contributed by atoms with Crippen LogP contribution in [-0.2, 0) is 22.6 Å². The number of methoxy groups -OCH3 is 1. The van der Waals surface area contributed by atoms with Crippen molar-refractivity contribution < 1.29 is 14.3 Å². The van der Waals surface area contributed by atoms with E-state index < -0.39 is 0 Å². The molecule has 2 aromatic carbocycles. The first kappa shape index (κ1) is 23.6. The molecule has 7 nitrogen and oxygen atoms in total. The first-order valence-corrected chi connectivity index (χ1v) is 11.3. The van der Waals surface area contributed by atoms with Crippen molar-refractivity contribution in [3.05, 3.63) is 59.7 Å². The molecule has 0 unspecified atom stereocenters. The number of nitrogens with one attached hydrogen (secondary N) is 2.